The van der Waals surface area contributed by atoms with E-state index in [2.05, 4.69) is 0 Å². The predicted molar refractivity (Wildman–Crippen MR) is 101 cm³/mol. The van der Waals surface area contributed by atoms with Crippen molar-refractivity contribution < 1.29 is 17.9 Å². The first-order chi connectivity index (χ1) is 12.1. The zero-order valence-corrected chi connectivity index (χ0v) is 16.8. The molecule has 1 aliphatic heterocycles. The highest BCUT2D eigenvalue weighted by Gasteiger charge is 2.29. The SMILES string of the molecule is Cc1ccc(C(=O)N(C)CC(C)(C)CN)cc1S(=O)(=O)N1CCOCC1. The summed E-state index contributed by atoms with van der Waals surface area (Å²) in [7, 11) is -1.95. The van der Waals surface area contributed by atoms with Crippen molar-refractivity contribution in [2.75, 3.05) is 46.4 Å². The van der Waals surface area contributed by atoms with Gasteiger partial charge in [-0.2, -0.15) is 4.31 Å². The zero-order chi connectivity index (χ0) is 19.5. The number of hydrogen-bond donors (Lipinski definition) is 1. The van der Waals surface area contributed by atoms with E-state index in [1.54, 1.807) is 31.0 Å². The largest absolute Gasteiger partial charge is 0.379 e. The molecule has 146 valence electrons. The fourth-order valence-electron chi connectivity index (χ4n) is 2.94. The van der Waals surface area contributed by atoms with E-state index in [0.29, 0.717) is 50.5 Å². The number of carbonyl (C=O) groups excluding carboxylic acids is 1. The average Bonchev–Trinajstić information content (AvgIpc) is 2.61. The molecule has 1 aromatic carbocycles. The Labute approximate surface area is 156 Å². The van der Waals surface area contributed by atoms with E-state index >= 15 is 0 Å². The highest BCUT2D eigenvalue weighted by atomic mass is 32.2. The van der Waals surface area contributed by atoms with Gasteiger partial charge in [0.25, 0.3) is 5.91 Å². The second kappa shape index (κ2) is 8.04. The van der Waals surface area contributed by atoms with Gasteiger partial charge in [-0.25, -0.2) is 8.42 Å². The first kappa shape index (κ1) is 20.8. The van der Waals surface area contributed by atoms with Crippen molar-refractivity contribution in [3.8, 4) is 0 Å². The fourth-order valence-corrected chi connectivity index (χ4v) is 4.59. The Morgan fingerprint density at radius 3 is 2.50 bits per heavy atom. The average molecular weight is 384 g/mol. The number of benzene rings is 1. The van der Waals surface area contributed by atoms with Crippen molar-refractivity contribution >= 4 is 15.9 Å². The number of rotatable bonds is 6. The molecular formula is C18H29N3O4S. The van der Waals surface area contributed by atoms with E-state index in [4.69, 9.17) is 10.5 Å². The van der Waals surface area contributed by atoms with E-state index in [1.807, 2.05) is 13.8 Å². The minimum atomic E-state index is -3.65. The Balaban J connectivity index is 2.30. The maximum atomic E-state index is 13.0. The smallest absolute Gasteiger partial charge is 0.253 e. The van der Waals surface area contributed by atoms with Crippen molar-refractivity contribution in [2.24, 2.45) is 11.1 Å². The van der Waals surface area contributed by atoms with Crippen molar-refractivity contribution in [3.63, 3.8) is 0 Å². The number of sulfonamides is 1. The Hall–Kier alpha value is -1.48. The van der Waals surface area contributed by atoms with Crippen LogP contribution in [0.4, 0.5) is 0 Å². The maximum absolute atomic E-state index is 13.0. The molecule has 0 aliphatic carbocycles. The van der Waals surface area contributed by atoms with E-state index in [0.717, 1.165) is 0 Å². The summed E-state index contributed by atoms with van der Waals surface area (Å²) in [5.41, 5.74) is 6.52. The molecule has 1 heterocycles. The minimum absolute atomic E-state index is 0.178. The van der Waals surface area contributed by atoms with Crippen LogP contribution in [-0.4, -0.2) is 70.0 Å². The molecule has 0 radical (unpaired) electrons. The Kier molecular flexibility index (Phi) is 6.44. The van der Waals surface area contributed by atoms with Crippen LogP contribution in [0.15, 0.2) is 23.1 Å². The number of nitrogens with two attached hydrogens (primary N) is 1. The number of ether oxygens (including phenoxy) is 1. The molecule has 0 bridgehead atoms. The Morgan fingerprint density at radius 2 is 1.92 bits per heavy atom. The van der Waals surface area contributed by atoms with Gasteiger partial charge < -0.3 is 15.4 Å². The topological polar surface area (TPSA) is 92.9 Å². The van der Waals surface area contributed by atoms with Gasteiger partial charge in [0.05, 0.1) is 18.1 Å². The van der Waals surface area contributed by atoms with Crippen LogP contribution < -0.4 is 5.73 Å². The second-order valence-electron chi connectivity index (χ2n) is 7.53. The van der Waals surface area contributed by atoms with E-state index in [1.165, 1.54) is 10.4 Å². The van der Waals surface area contributed by atoms with Gasteiger partial charge in [-0.15, -0.1) is 0 Å². The lowest BCUT2D eigenvalue weighted by atomic mass is 9.93. The van der Waals surface area contributed by atoms with E-state index < -0.39 is 10.0 Å². The van der Waals surface area contributed by atoms with Crippen molar-refractivity contribution in [1.82, 2.24) is 9.21 Å². The number of carbonyl (C=O) groups is 1. The summed E-state index contributed by atoms with van der Waals surface area (Å²) in [6.45, 7) is 8.07. The molecule has 1 fully saturated rings. The lowest BCUT2D eigenvalue weighted by Crippen LogP contribution is -2.41. The summed E-state index contributed by atoms with van der Waals surface area (Å²) in [5.74, 6) is -0.218. The molecule has 0 spiro atoms. The lowest BCUT2D eigenvalue weighted by Gasteiger charge is -2.29. The zero-order valence-electron chi connectivity index (χ0n) is 16.0. The molecule has 26 heavy (non-hydrogen) atoms. The molecule has 0 unspecified atom stereocenters. The van der Waals surface area contributed by atoms with Gasteiger partial charge in [-0.05, 0) is 36.6 Å². The van der Waals surface area contributed by atoms with Crippen LogP contribution in [0.1, 0.15) is 29.8 Å². The predicted octanol–water partition coefficient (Wildman–Crippen LogP) is 1.07. The molecule has 8 heteroatoms. The number of amides is 1. The summed E-state index contributed by atoms with van der Waals surface area (Å²) < 4.78 is 32.6. The van der Waals surface area contributed by atoms with Gasteiger partial charge in [0.15, 0.2) is 0 Å². The van der Waals surface area contributed by atoms with Crippen LogP contribution in [0.3, 0.4) is 0 Å². The maximum Gasteiger partial charge on any atom is 0.253 e. The van der Waals surface area contributed by atoms with Crippen molar-refractivity contribution in [1.29, 1.82) is 0 Å². The highest BCUT2D eigenvalue weighted by Crippen LogP contribution is 2.23. The minimum Gasteiger partial charge on any atom is -0.379 e. The number of hydrogen-bond acceptors (Lipinski definition) is 5. The van der Waals surface area contributed by atoms with Gasteiger partial charge in [-0.3, -0.25) is 4.79 Å². The van der Waals surface area contributed by atoms with Crippen LogP contribution in [0.5, 0.6) is 0 Å². The van der Waals surface area contributed by atoms with Gasteiger partial charge in [0, 0.05) is 32.2 Å². The second-order valence-corrected chi connectivity index (χ2v) is 9.43. The van der Waals surface area contributed by atoms with Gasteiger partial charge in [0.2, 0.25) is 10.0 Å². The standard InChI is InChI=1S/C18H29N3O4S/c1-14-5-6-15(17(22)20(4)13-18(2,3)12-19)11-16(14)26(23,24)21-7-9-25-10-8-21/h5-6,11H,7-10,12-13,19H2,1-4H3. The summed E-state index contributed by atoms with van der Waals surface area (Å²) in [6.07, 6.45) is 0. The molecular weight excluding hydrogens is 354 g/mol. The Bertz CT molecular complexity index is 756. The molecule has 7 nitrogen and oxygen atoms in total. The summed E-state index contributed by atoms with van der Waals surface area (Å²) in [4.78, 5) is 14.5. The normalized spacial score (nSPS) is 16.5. The molecule has 0 aromatic heterocycles. The number of aryl methyl sites for hydroxylation is 1. The number of morpholine rings is 1. The fraction of sp³-hybridized carbons (Fsp3) is 0.611. The van der Waals surface area contributed by atoms with E-state index in [9.17, 15) is 13.2 Å². The molecule has 1 aromatic rings. The molecule has 0 atom stereocenters. The van der Waals surface area contributed by atoms with Gasteiger partial charge in [0.1, 0.15) is 0 Å². The first-order valence-corrected chi connectivity index (χ1v) is 10.2. The first-order valence-electron chi connectivity index (χ1n) is 8.72. The van der Waals surface area contributed by atoms with Crippen LogP contribution in [0.25, 0.3) is 0 Å². The molecule has 1 amide bonds. The molecule has 2 N–H and O–H groups in total. The Morgan fingerprint density at radius 1 is 1.31 bits per heavy atom. The molecule has 2 rings (SSSR count). The van der Waals surface area contributed by atoms with Crippen molar-refractivity contribution in [2.45, 2.75) is 25.7 Å². The third-order valence-electron chi connectivity index (χ3n) is 4.59. The van der Waals surface area contributed by atoms with Crippen LogP contribution >= 0.6 is 0 Å². The summed E-state index contributed by atoms with van der Waals surface area (Å²) >= 11 is 0. The lowest BCUT2D eigenvalue weighted by molar-refractivity contribution is 0.0728. The molecule has 1 saturated heterocycles. The number of nitrogens with zero attached hydrogens (tertiary/aromatic N) is 2. The van der Waals surface area contributed by atoms with E-state index in [-0.39, 0.29) is 16.2 Å². The van der Waals surface area contributed by atoms with Gasteiger partial charge >= 0.3 is 0 Å². The molecule has 1 aliphatic rings. The molecule has 0 saturated carbocycles. The van der Waals surface area contributed by atoms with Crippen LogP contribution in [0, 0.1) is 12.3 Å². The third-order valence-corrected chi connectivity index (χ3v) is 6.63. The van der Waals surface area contributed by atoms with Crippen molar-refractivity contribution in [3.05, 3.63) is 29.3 Å². The van der Waals surface area contributed by atoms with Crippen LogP contribution in [-0.2, 0) is 14.8 Å². The van der Waals surface area contributed by atoms with Crippen LogP contribution in [0.2, 0.25) is 0 Å². The monoisotopic (exact) mass is 383 g/mol. The quantitative estimate of drug-likeness (QED) is 0.793. The highest BCUT2D eigenvalue weighted by molar-refractivity contribution is 7.89. The summed E-state index contributed by atoms with van der Waals surface area (Å²) in [5, 5.41) is 0. The third kappa shape index (κ3) is 4.62. The van der Waals surface area contributed by atoms with Gasteiger partial charge in [-0.1, -0.05) is 19.9 Å². The summed E-state index contributed by atoms with van der Waals surface area (Å²) in [6, 6.07) is 4.83.